The van der Waals surface area contributed by atoms with Crippen LogP contribution in [0.15, 0.2) is 59.5 Å². The van der Waals surface area contributed by atoms with Crippen molar-refractivity contribution in [1.82, 2.24) is 4.72 Å². The Labute approximate surface area is 162 Å². The van der Waals surface area contributed by atoms with Gasteiger partial charge in [0.05, 0.1) is 24.0 Å². The fourth-order valence-corrected chi connectivity index (χ4v) is 6.02. The van der Waals surface area contributed by atoms with E-state index in [4.69, 9.17) is 0 Å². The van der Waals surface area contributed by atoms with Gasteiger partial charge in [0.2, 0.25) is 10.0 Å². The first-order valence-electron chi connectivity index (χ1n) is 10.1. The van der Waals surface area contributed by atoms with Crippen LogP contribution in [0.4, 0.5) is 0 Å². The minimum absolute atomic E-state index is 0.0815. The number of likely N-dealkylation sites (tertiary alicyclic amines) is 1. The van der Waals surface area contributed by atoms with E-state index in [2.05, 4.69) is 29.0 Å². The molecule has 0 spiro atoms. The van der Waals surface area contributed by atoms with E-state index in [0.717, 1.165) is 19.5 Å². The van der Waals surface area contributed by atoms with Gasteiger partial charge in [0.25, 0.3) is 0 Å². The van der Waals surface area contributed by atoms with Crippen LogP contribution in [-0.2, 0) is 16.4 Å². The van der Waals surface area contributed by atoms with Gasteiger partial charge in [0.1, 0.15) is 6.04 Å². The average Bonchev–Trinajstić information content (AvgIpc) is 2.99. The van der Waals surface area contributed by atoms with E-state index in [0.29, 0.717) is 4.90 Å². The summed E-state index contributed by atoms with van der Waals surface area (Å²) in [5.41, 5.74) is 2.62. The van der Waals surface area contributed by atoms with Crippen LogP contribution >= 0.6 is 0 Å². The van der Waals surface area contributed by atoms with Crippen molar-refractivity contribution in [2.45, 2.75) is 55.5 Å². The molecule has 2 N–H and O–H groups in total. The van der Waals surface area contributed by atoms with Crippen LogP contribution in [0, 0.1) is 0 Å². The van der Waals surface area contributed by atoms with E-state index in [9.17, 15) is 8.42 Å². The molecule has 1 aliphatic heterocycles. The van der Waals surface area contributed by atoms with E-state index in [1.165, 1.54) is 43.2 Å². The molecule has 0 bridgehead atoms. The minimum atomic E-state index is -3.51. The van der Waals surface area contributed by atoms with Crippen LogP contribution in [0.5, 0.6) is 0 Å². The predicted molar refractivity (Wildman–Crippen MR) is 107 cm³/mol. The van der Waals surface area contributed by atoms with Gasteiger partial charge in [-0.1, -0.05) is 48.9 Å². The maximum absolute atomic E-state index is 13.0. The summed E-state index contributed by atoms with van der Waals surface area (Å²) in [6, 6.07) is 17.4. The second-order valence-electron chi connectivity index (χ2n) is 7.85. The molecule has 27 heavy (non-hydrogen) atoms. The summed E-state index contributed by atoms with van der Waals surface area (Å²) in [6.45, 7) is 2.26. The molecule has 0 aromatic heterocycles. The molecule has 2 aromatic rings. The van der Waals surface area contributed by atoms with Crippen molar-refractivity contribution in [2.24, 2.45) is 0 Å². The van der Waals surface area contributed by atoms with E-state index in [1.54, 1.807) is 29.2 Å². The van der Waals surface area contributed by atoms with E-state index in [-0.39, 0.29) is 12.1 Å². The Morgan fingerprint density at radius 1 is 0.815 bits per heavy atom. The van der Waals surface area contributed by atoms with Gasteiger partial charge in [0, 0.05) is 5.56 Å². The van der Waals surface area contributed by atoms with Crippen molar-refractivity contribution in [3.63, 3.8) is 0 Å². The highest BCUT2D eigenvalue weighted by molar-refractivity contribution is 7.89. The molecule has 0 saturated carbocycles. The predicted octanol–water partition coefficient (Wildman–Crippen LogP) is 2.48. The van der Waals surface area contributed by atoms with Gasteiger partial charge >= 0.3 is 0 Å². The molecule has 1 saturated heterocycles. The molecule has 1 fully saturated rings. The largest absolute Gasteiger partial charge is 0.327 e. The fraction of sp³-hybridized carbons (Fsp3) is 0.455. The summed E-state index contributed by atoms with van der Waals surface area (Å²) < 4.78 is 29.0. The third-order valence-corrected chi connectivity index (χ3v) is 7.53. The molecule has 4 nitrogen and oxygen atoms in total. The van der Waals surface area contributed by atoms with Gasteiger partial charge in [-0.05, 0) is 49.8 Å². The standard InChI is InChI=1S/C22H28N2O2S/c25-27(26,19-12-5-4-6-13-19)23-21-17-18-11-7-8-14-20(18)22(21)24-15-9-2-1-3-10-16-24/h4-8,11-14,21-23H,1-3,9-10,15-17H2/p+1/t21-,22+/m1/s1. The highest BCUT2D eigenvalue weighted by Crippen LogP contribution is 2.30. The van der Waals surface area contributed by atoms with Crippen molar-refractivity contribution in [3.05, 3.63) is 65.7 Å². The number of hydrogen-bond donors (Lipinski definition) is 2. The van der Waals surface area contributed by atoms with Crippen LogP contribution in [0.25, 0.3) is 0 Å². The first kappa shape index (κ1) is 18.7. The van der Waals surface area contributed by atoms with Crippen molar-refractivity contribution in [3.8, 4) is 0 Å². The normalized spacial score (nSPS) is 24.1. The molecule has 1 heterocycles. The zero-order valence-electron chi connectivity index (χ0n) is 15.7. The monoisotopic (exact) mass is 385 g/mol. The van der Waals surface area contributed by atoms with Crippen molar-refractivity contribution in [2.75, 3.05) is 13.1 Å². The zero-order chi connectivity index (χ0) is 18.7. The summed E-state index contributed by atoms with van der Waals surface area (Å²) >= 11 is 0. The average molecular weight is 386 g/mol. The number of benzene rings is 2. The van der Waals surface area contributed by atoms with Gasteiger partial charge in [-0.25, -0.2) is 13.1 Å². The minimum Gasteiger partial charge on any atom is -0.327 e. The van der Waals surface area contributed by atoms with Crippen molar-refractivity contribution < 1.29 is 13.3 Å². The Morgan fingerprint density at radius 2 is 1.44 bits per heavy atom. The summed E-state index contributed by atoms with van der Waals surface area (Å²) in [6.07, 6.45) is 7.14. The molecule has 2 atom stereocenters. The second kappa shape index (κ2) is 8.13. The second-order valence-corrected chi connectivity index (χ2v) is 9.56. The van der Waals surface area contributed by atoms with Gasteiger partial charge in [-0.3, -0.25) is 0 Å². The lowest BCUT2D eigenvalue weighted by Gasteiger charge is -2.32. The molecule has 1 aliphatic carbocycles. The van der Waals surface area contributed by atoms with Gasteiger partial charge in [-0.15, -0.1) is 0 Å². The third-order valence-electron chi connectivity index (χ3n) is 6.03. The van der Waals surface area contributed by atoms with Crippen LogP contribution in [0.2, 0.25) is 0 Å². The summed E-state index contributed by atoms with van der Waals surface area (Å²) in [5, 5.41) is 0. The van der Waals surface area contributed by atoms with Crippen LogP contribution < -0.4 is 9.62 Å². The maximum Gasteiger partial charge on any atom is 0.241 e. The Kier molecular flexibility index (Phi) is 5.62. The molecule has 2 aromatic carbocycles. The van der Waals surface area contributed by atoms with Gasteiger partial charge in [0.15, 0.2) is 0 Å². The SMILES string of the molecule is O=S(=O)(N[C@@H]1Cc2ccccc2[C@@H]1[NH+]1CCCCCCC1)c1ccccc1. The Balaban J connectivity index is 1.62. The smallest absolute Gasteiger partial charge is 0.241 e. The molecular weight excluding hydrogens is 356 g/mol. The van der Waals surface area contributed by atoms with Crippen molar-refractivity contribution in [1.29, 1.82) is 0 Å². The molecule has 2 aliphatic rings. The quantitative estimate of drug-likeness (QED) is 0.850. The van der Waals surface area contributed by atoms with Crippen LogP contribution in [-0.4, -0.2) is 27.5 Å². The number of hydrogen-bond acceptors (Lipinski definition) is 2. The van der Waals surface area contributed by atoms with Gasteiger partial charge in [-0.2, -0.15) is 0 Å². The zero-order valence-corrected chi connectivity index (χ0v) is 16.5. The Hall–Kier alpha value is -1.69. The lowest BCUT2D eigenvalue weighted by atomic mass is 10.0. The molecule has 5 heteroatoms. The molecule has 0 radical (unpaired) electrons. The lowest BCUT2D eigenvalue weighted by Crippen LogP contribution is -3.13. The third kappa shape index (κ3) is 4.10. The molecule has 0 amide bonds. The number of nitrogens with one attached hydrogen (secondary N) is 2. The first-order chi connectivity index (χ1) is 13.1. The topological polar surface area (TPSA) is 50.6 Å². The Morgan fingerprint density at radius 3 is 2.19 bits per heavy atom. The Bertz CT molecular complexity index is 859. The van der Waals surface area contributed by atoms with Crippen LogP contribution in [0.3, 0.4) is 0 Å². The molecule has 144 valence electrons. The summed E-state index contributed by atoms with van der Waals surface area (Å²) in [4.78, 5) is 1.89. The summed E-state index contributed by atoms with van der Waals surface area (Å²) in [7, 11) is -3.51. The molecule has 0 unspecified atom stereocenters. The van der Waals surface area contributed by atoms with E-state index < -0.39 is 10.0 Å². The van der Waals surface area contributed by atoms with Crippen LogP contribution in [0.1, 0.15) is 49.3 Å². The highest BCUT2D eigenvalue weighted by Gasteiger charge is 2.41. The summed E-state index contributed by atoms with van der Waals surface area (Å²) in [5.74, 6) is 0. The maximum atomic E-state index is 13.0. The first-order valence-corrected chi connectivity index (χ1v) is 11.6. The highest BCUT2D eigenvalue weighted by atomic mass is 32.2. The van der Waals surface area contributed by atoms with E-state index in [1.807, 2.05) is 6.07 Å². The molecule has 4 rings (SSSR count). The fourth-order valence-electron chi connectivity index (χ4n) is 4.75. The number of quaternary nitrogens is 1. The van der Waals surface area contributed by atoms with Gasteiger partial charge < -0.3 is 4.90 Å². The van der Waals surface area contributed by atoms with E-state index >= 15 is 0 Å². The van der Waals surface area contributed by atoms with Crippen molar-refractivity contribution >= 4 is 10.0 Å². The molecular formula is C22H29N2O2S+. The lowest BCUT2D eigenvalue weighted by molar-refractivity contribution is -0.933. The number of sulfonamides is 1. The number of rotatable bonds is 4. The number of fused-ring (bicyclic) bond motifs is 1.